The third-order valence-corrected chi connectivity index (χ3v) is 5.98. The zero-order valence-corrected chi connectivity index (χ0v) is 19.2. The fourth-order valence-electron chi connectivity index (χ4n) is 4.85. The highest BCUT2D eigenvalue weighted by Gasteiger charge is 2.47. The first-order chi connectivity index (χ1) is 15.7. The van der Waals surface area contributed by atoms with Gasteiger partial charge in [0.15, 0.2) is 0 Å². The van der Waals surface area contributed by atoms with Crippen LogP contribution in [0.3, 0.4) is 0 Å². The molecule has 0 aliphatic carbocycles. The molecule has 4 heterocycles. The van der Waals surface area contributed by atoms with E-state index in [1.807, 2.05) is 18.2 Å². The van der Waals surface area contributed by atoms with Crippen LogP contribution in [0.15, 0.2) is 24.4 Å². The number of rotatable bonds is 4. The number of hydrogen-bond acceptors (Lipinski definition) is 6. The zero-order chi connectivity index (χ0) is 24.4. The van der Waals surface area contributed by atoms with E-state index in [0.717, 1.165) is 45.5 Å². The van der Waals surface area contributed by atoms with Crippen molar-refractivity contribution >= 4 is 23.8 Å². The minimum atomic E-state index is -0.833. The van der Waals surface area contributed by atoms with E-state index in [9.17, 15) is 9.59 Å². The monoisotopic (exact) mass is 462 g/mol. The standard InChI is InChI=1S/C19H26N4O2.2C2H4O2/c24-18(9-15-4-1-2-7-21-15)22-12-17-14-8-13(10-20-11-14)16-5-3-6-19(25)23(16)17;2*1-2(3)4/h1-2,4,7,13-14,16-17,20H,3,5-6,8-12H2,(H,22,24);2*1H3,(H,3,4)/t13-,14+,16+,17+;;/m1../s1. The highest BCUT2D eigenvalue weighted by atomic mass is 16.4. The Bertz CT molecular complexity index is 798. The Balaban J connectivity index is 0.000000420. The molecule has 4 rings (SSSR count). The molecule has 33 heavy (non-hydrogen) atoms. The minimum Gasteiger partial charge on any atom is -0.481 e. The summed E-state index contributed by atoms with van der Waals surface area (Å²) in [7, 11) is 0. The minimum absolute atomic E-state index is 0.0226. The fraction of sp³-hybridized carbons (Fsp3) is 0.609. The van der Waals surface area contributed by atoms with Gasteiger partial charge in [-0.25, -0.2) is 0 Å². The van der Waals surface area contributed by atoms with Gasteiger partial charge in [0.1, 0.15) is 0 Å². The van der Waals surface area contributed by atoms with E-state index in [1.54, 1.807) is 6.20 Å². The van der Waals surface area contributed by atoms with Gasteiger partial charge in [0.05, 0.1) is 12.5 Å². The summed E-state index contributed by atoms with van der Waals surface area (Å²) >= 11 is 0. The number of nitrogens with zero attached hydrogens (tertiary/aromatic N) is 2. The Morgan fingerprint density at radius 3 is 2.45 bits per heavy atom. The highest BCUT2D eigenvalue weighted by molar-refractivity contribution is 5.79. The Hall–Kier alpha value is -3.01. The summed E-state index contributed by atoms with van der Waals surface area (Å²) in [6.45, 7) is 4.67. The summed E-state index contributed by atoms with van der Waals surface area (Å²) in [6, 6.07) is 6.07. The number of carboxylic acids is 2. The molecule has 10 heteroatoms. The summed E-state index contributed by atoms with van der Waals surface area (Å²) < 4.78 is 0. The molecule has 0 unspecified atom stereocenters. The van der Waals surface area contributed by atoms with Gasteiger partial charge in [-0.2, -0.15) is 0 Å². The van der Waals surface area contributed by atoms with Crippen molar-refractivity contribution in [1.29, 1.82) is 0 Å². The quantitative estimate of drug-likeness (QED) is 0.516. The molecule has 4 N–H and O–H groups in total. The van der Waals surface area contributed by atoms with Crippen LogP contribution in [-0.4, -0.2) is 75.6 Å². The second kappa shape index (κ2) is 12.9. The van der Waals surface area contributed by atoms with Gasteiger partial charge < -0.3 is 25.7 Å². The maximum Gasteiger partial charge on any atom is 0.300 e. The molecule has 1 aromatic rings. The van der Waals surface area contributed by atoms with Gasteiger partial charge in [0, 0.05) is 51.3 Å². The maximum atomic E-state index is 12.6. The molecule has 4 atom stereocenters. The second-order valence-corrected chi connectivity index (χ2v) is 8.58. The number of carbonyl (C=O) groups excluding carboxylic acids is 2. The molecule has 0 spiro atoms. The third kappa shape index (κ3) is 8.45. The van der Waals surface area contributed by atoms with Crippen LogP contribution in [0.4, 0.5) is 0 Å². The number of nitrogens with one attached hydrogen (secondary N) is 2. The Morgan fingerprint density at radius 2 is 1.82 bits per heavy atom. The Kier molecular flexibility index (Phi) is 10.2. The third-order valence-electron chi connectivity index (χ3n) is 5.98. The van der Waals surface area contributed by atoms with Crippen LogP contribution in [0.2, 0.25) is 0 Å². The maximum absolute atomic E-state index is 12.6. The lowest BCUT2D eigenvalue weighted by Gasteiger charge is -2.54. The second-order valence-electron chi connectivity index (χ2n) is 8.58. The number of hydrogen-bond donors (Lipinski definition) is 4. The molecular formula is C23H34N4O6. The van der Waals surface area contributed by atoms with Crippen molar-refractivity contribution in [1.82, 2.24) is 20.5 Å². The molecule has 3 saturated heterocycles. The van der Waals surface area contributed by atoms with E-state index < -0.39 is 11.9 Å². The number of fused-ring (bicyclic) bond motifs is 4. The average Bonchev–Trinajstić information content (AvgIpc) is 2.74. The van der Waals surface area contributed by atoms with Gasteiger partial charge in [-0.15, -0.1) is 0 Å². The summed E-state index contributed by atoms with van der Waals surface area (Å²) in [5, 5.41) is 21.4. The molecular weight excluding hydrogens is 428 g/mol. The van der Waals surface area contributed by atoms with Crippen LogP contribution >= 0.6 is 0 Å². The largest absolute Gasteiger partial charge is 0.481 e. The number of pyridine rings is 1. The molecule has 10 nitrogen and oxygen atoms in total. The SMILES string of the molecule is CC(=O)O.CC(=O)O.O=C(Cc1ccccn1)NC[C@H]1[C@@H]2CNC[C@@H](C2)[C@@H]2CCCC(=O)N21. The summed E-state index contributed by atoms with van der Waals surface area (Å²) in [4.78, 5) is 49.2. The van der Waals surface area contributed by atoms with Crippen molar-refractivity contribution in [3.05, 3.63) is 30.1 Å². The fourth-order valence-corrected chi connectivity index (χ4v) is 4.85. The van der Waals surface area contributed by atoms with E-state index in [0.29, 0.717) is 30.8 Å². The van der Waals surface area contributed by atoms with Gasteiger partial charge in [-0.1, -0.05) is 6.07 Å². The van der Waals surface area contributed by atoms with E-state index in [-0.39, 0.29) is 24.3 Å². The summed E-state index contributed by atoms with van der Waals surface area (Å²) in [5.74, 6) is -0.405. The van der Waals surface area contributed by atoms with Crippen molar-refractivity contribution < 1.29 is 29.4 Å². The van der Waals surface area contributed by atoms with E-state index >= 15 is 0 Å². The lowest BCUT2D eigenvalue weighted by Crippen LogP contribution is -2.66. The van der Waals surface area contributed by atoms with Crippen molar-refractivity contribution in [2.24, 2.45) is 11.8 Å². The van der Waals surface area contributed by atoms with Gasteiger partial charge in [0.2, 0.25) is 11.8 Å². The summed E-state index contributed by atoms with van der Waals surface area (Å²) in [6.07, 6.45) is 5.91. The number of aliphatic carboxylic acids is 2. The van der Waals surface area contributed by atoms with E-state index in [4.69, 9.17) is 19.8 Å². The number of aromatic nitrogens is 1. The molecule has 2 amide bonds. The summed E-state index contributed by atoms with van der Waals surface area (Å²) in [5.41, 5.74) is 0.773. The lowest BCUT2D eigenvalue weighted by molar-refractivity contribution is -0.149. The number of carboxylic acid groups (broad SMARTS) is 2. The van der Waals surface area contributed by atoms with Crippen molar-refractivity contribution in [3.63, 3.8) is 0 Å². The van der Waals surface area contributed by atoms with Crippen molar-refractivity contribution in [3.8, 4) is 0 Å². The molecule has 3 fully saturated rings. The van der Waals surface area contributed by atoms with Crippen molar-refractivity contribution in [2.45, 2.75) is 58.0 Å². The predicted octanol–water partition coefficient (Wildman–Crippen LogP) is 0.911. The molecule has 0 radical (unpaired) electrons. The molecule has 0 aromatic carbocycles. The van der Waals surface area contributed by atoms with Gasteiger partial charge in [-0.05, 0) is 49.8 Å². The molecule has 2 bridgehead atoms. The number of carbonyl (C=O) groups is 4. The first kappa shape index (κ1) is 26.2. The van der Waals surface area contributed by atoms with Crippen LogP contribution in [-0.2, 0) is 25.6 Å². The van der Waals surface area contributed by atoms with Gasteiger partial charge >= 0.3 is 0 Å². The highest BCUT2D eigenvalue weighted by Crippen LogP contribution is 2.39. The first-order valence-electron chi connectivity index (χ1n) is 11.3. The molecule has 3 aliphatic rings. The van der Waals surface area contributed by atoms with Crippen molar-refractivity contribution in [2.75, 3.05) is 19.6 Å². The van der Waals surface area contributed by atoms with Crippen LogP contribution in [0.1, 0.15) is 45.2 Å². The first-order valence-corrected chi connectivity index (χ1v) is 11.3. The zero-order valence-electron chi connectivity index (χ0n) is 19.2. The van der Waals surface area contributed by atoms with Crippen LogP contribution in [0.25, 0.3) is 0 Å². The normalized spacial score (nSPS) is 25.3. The molecule has 1 aromatic heterocycles. The Labute approximate surface area is 193 Å². The van der Waals surface area contributed by atoms with Crippen LogP contribution in [0, 0.1) is 11.8 Å². The van der Waals surface area contributed by atoms with Gasteiger partial charge in [0.25, 0.3) is 11.9 Å². The lowest BCUT2D eigenvalue weighted by atomic mass is 9.72. The van der Waals surface area contributed by atoms with E-state index in [2.05, 4.69) is 20.5 Å². The smallest absolute Gasteiger partial charge is 0.300 e. The van der Waals surface area contributed by atoms with Crippen LogP contribution < -0.4 is 10.6 Å². The average molecular weight is 463 g/mol. The Morgan fingerprint density at radius 1 is 1.15 bits per heavy atom. The topological polar surface area (TPSA) is 149 Å². The molecule has 0 saturated carbocycles. The number of amides is 2. The molecule has 182 valence electrons. The van der Waals surface area contributed by atoms with Crippen LogP contribution in [0.5, 0.6) is 0 Å². The molecule has 3 aliphatic heterocycles. The van der Waals surface area contributed by atoms with E-state index in [1.165, 1.54) is 6.42 Å². The van der Waals surface area contributed by atoms with Gasteiger partial charge in [-0.3, -0.25) is 24.2 Å². The number of piperidine rings is 3. The predicted molar refractivity (Wildman–Crippen MR) is 120 cm³/mol.